The van der Waals surface area contributed by atoms with Crippen molar-refractivity contribution in [3.63, 3.8) is 0 Å². The van der Waals surface area contributed by atoms with Gasteiger partial charge in [-0.3, -0.25) is 10.1 Å². The Hall–Kier alpha value is -2.74. The van der Waals surface area contributed by atoms with Crippen molar-refractivity contribution in [1.29, 1.82) is 0 Å². The molecule has 9 heteroatoms. The van der Waals surface area contributed by atoms with E-state index >= 15 is 0 Å². The quantitative estimate of drug-likeness (QED) is 0.477. The van der Waals surface area contributed by atoms with Gasteiger partial charge in [-0.2, -0.15) is 0 Å². The minimum absolute atomic E-state index is 0.249. The summed E-state index contributed by atoms with van der Waals surface area (Å²) in [5, 5.41) is 4.91. The third-order valence-electron chi connectivity index (χ3n) is 3.22. The molecule has 0 heterocycles. The van der Waals surface area contributed by atoms with Gasteiger partial charge in [-0.1, -0.05) is 25.4 Å². The van der Waals surface area contributed by atoms with Crippen LogP contribution in [0.3, 0.4) is 0 Å². The average Bonchev–Trinajstić information content (AvgIpc) is 2.63. The maximum Gasteiger partial charge on any atom is 0.331 e. The number of esters is 1. The summed E-state index contributed by atoms with van der Waals surface area (Å²) in [5.74, 6) is -0.386. The van der Waals surface area contributed by atoms with Crippen LogP contribution < -0.4 is 20.1 Å². The Bertz CT molecular complexity index is 733. The molecule has 0 fully saturated rings. The Morgan fingerprint density at radius 2 is 1.96 bits per heavy atom. The van der Waals surface area contributed by atoms with E-state index in [-0.39, 0.29) is 5.92 Å². The van der Waals surface area contributed by atoms with E-state index < -0.39 is 24.5 Å². The minimum Gasteiger partial charge on any atom is -0.491 e. The monoisotopic (exact) mass is 412 g/mol. The van der Waals surface area contributed by atoms with Gasteiger partial charge < -0.3 is 19.5 Å². The third kappa shape index (κ3) is 8.30. The highest BCUT2D eigenvalue weighted by molar-refractivity contribution is 6.32. The average molecular weight is 413 g/mol. The minimum atomic E-state index is -0.748. The van der Waals surface area contributed by atoms with E-state index in [9.17, 15) is 14.4 Å². The molecule has 1 aromatic rings. The predicted molar refractivity (Wildman–Crippen MR) is 106 cm³/mol. The van der Waals surface area contributed by atoms with E-state index in [1.165, 1.54) is 13.2 Å². The smallest absolute Gasteiger partial charge is 0.331 e. The summed E-state index contributed by atoms with van der Waals surface area (Å²) in [6.07, 6.45) is 2.60. The Morgan fingerprint density at radius 3 is 2.57 bits per heavy atom. The van der Waals surface area contributed by atoms with Gasteiger partial charge in [-0.25, -0.2) is 9.59 Å². The van der Waals surface area contributed by atoms with Crippen molar-refractivity contribution in [3.05, 3.63) is 28.8 Å². The van der Waals surface area contributed by atoms with E-state index in [0.29, 0.717) is 35.2 Å². The summed E-state index contributed by atoms with van der Waals surface area (Å²) in [4.78, 5) is 34.8. The highest BCUT2D eigenvalue weighted by atomic mass is 35.5. The summed E-state index contributed by atoms with van der Waals surface area (Å²) < 4.78 is 15.4. The van der Waals surface area contributed by atoms with E-state index in [2.05, 4.69) is 10.6 Å². The van der Waals surface area contributed by atoms with E-state index in [4.69, 9.17) is 25.8 Å². The van der Waals surface area contributed by atoms with Gasteiger partial charge in [0.15, 0.2) is 18.1 Å². The number of ether oxygens (including phenoxy) is 3. The Balaban J connectivity index is 2.58. The largest absolute Gasteiger partial charge is 0.491 e. The lowest BCUT2D eigenvalue weighted by Crippen LogP contribution is -2.42. The molecule has 0 radical (unpaired) electrons. The Morgan fingerprint density at radius 1 is 1.25 bits per heavy atom. The molecule has 1 aromatic carbocycles. The van der Waals surface area contributed by atoms with Crippen molar-refractivity contribution in [2.75, 3.05) is 26.9 Å². The topological polar surface area (TPSA) is 103 Å². The molecule has 0 spiro atoms. The molecule has 8 nitrogen and oxygen atoms in total. The van der Waals surface area contributed by atoms with Crippen molar-refractivity contribution < 1.29 is 28.6 Å². The van der Waals surface area contributed by atoms with Crippen LogP contribution in [0, 0.1) is 5.92 Å². The van der Waals surface area contributed by atoms with Crippen LogP contribution in [0.4, 0.5) is 4.79 Å². The SMILES string of the molecule is CCOc1cc(/C=C/C(=O)OCC(=O)NC(=O)NCC(C)C)cc(Cl)c1OC. The lowest BCUT2D eigenvalue weighted by atomic mass is 10.2. The molecule has 0 saturated heterocycles. The molecule has 0 saturated carbocycles. The number of methoxy groups -OCH3 is 1. The Kier molecular flexibility index (Phi) is 9.87. The molecule has 154 valence electrons. The zero-order chi connectivity index (χ0) is 21.1. The van der Waals surface area contributed by atoms with Gasteiger partial charge in [0.2, 0.25) is 0 Å². The lowest BCUT2D eigenvalue weighted by molar-refractivity contribution is -0.143. The summed E-state index contributed by atoms with van der Waals surface area (Å²) >= 11 is 6.14. The van der Waals surface area contributed by atoms with Gasteiger partial charge in [0, 0.05) is 12.6 Å². The van der Waals surface area contributed by atoms with Crippen molar-refractivity contribution in [1.82, 2.24) is 10.6 Å². The molecular weight excluding hydrogens is 388 g/mol. The van der Waals surface area contributed by atoms with E-state index in [1.54, 1.807) is 12.1 Å². The van der Waals surface area contributed by atoms with Gasteiger partial charge in [0.1, 0.15) is 0 Å². The number of urea groups is 1. The lowest BCUT2D eigenvalue weighted by Gasteiger charge is -2.11. The number of carbonyl (C=O) groups excluding carboxylic acids is 3. The van der Waals surface area contributed by atoms with Gasteiger partial charge in [0.25, 0.3) is 5.91 Å². The number of carbonyl (C=O) groups is 3. The summed E-state index contributed by atoms with van der Waals surface area (Å²) in [6, 6.07) is 2.61. The number of halogens is 1. The number of amides is 3. The first-order chi connectivity index (χ1) is 13.3. The Labute approximate surface area is 169 Å². The zero-order valence-corrected chi connectivity index (χ0v) is 17.1. The molecular formula is C19H25ClN2O6. The molecule has 2 N–H and O–H groups in total. The number of imide groups is 1. The second-order valence-corrected chi connectivity index (χ2v) is 6.47. The van der Waals surface area contributed by atoms with Gasteiger partial charge in [-0.15, -0.1) is 0 Å². The molecule has 0 unspecified atom stereocenters. The second-order valence-electron chi connectivity index (χ2n) is 6.06. The molecule has 0 atom stereocenters. The first kappa shape index (κ1) is 23.3. The highest BCUT2D eigenvalue weighted by Crippen LogP contribution is 2.36. The van der Waals surface area contributed by atoms with Crippen molar-refractivity contribution >= 4 is 35.6 Å². The highest BCUT2D eigenvalue weighted by Gasteiger charge is 2.12. The molecule has 28 heavy (non-hydrogen) atoms. The van der Waals surface area contributed by atoms with Crippen molar-refractivity contribution in [2.24, 2.45) is 5.92 Å². The molecule has 0 bridgehead atoms. The van der Waals surface area contributed by atoms with E-state index in [0.717, 1.165) is 6.08 Å². The number of nitrogens with one attached hydrogen (secondary N) is 2. The molecule has 0 aromatic heterocycles. The van der Waals surface area contributed by atoms with Gasteiger partial charge >= 0.3 is 12.0 Å². The summed E-state index contributed by atoms with van der Waals surface area (Å²) in [7, 11) is 1.48. The zero-order valence-electron chi connectivity index (χ0n) is 16.3. The first-order valence-electron chi connectivity index (χ1n) is 8.69. The van der Waals surface area contributed by atoms with Crippen LogP contribution in [-0.2, 0) is 14.3 Å². The maximum atomic E-state index is 11.8. The van der Waals surface area contributed by atoms with Crippen LogP contribution >= 0.6 is 11.6 Å². The normalized spacial score (nSPS) is 10.6. The van der Waals surface area contributed by atoms with E-state index in [1.807, 2.05) is 20.8 Å². The summed E-state index contributed by atoms with van der Waals surface area (Å²) in [6.45, 7) is 5.93. The molecule has 3 amide bonds. The maximum absolute atomic E-state index is 11.8. The molecule has 0 aliphatic carbocycles. The first-order valence-corrected chi connectivity index (χ1v) is 9.07. The van der Waals surface area contributed by atoms with Crippen LogP contribution in [0.1, 0.15) is 26.3 Å². The second kappa shape index (κ2) is 11.9. The molecule has 0 aliphatic rings. The van der Waals surface area contributed by atoms with Crippen molar-refractivity contribution in [2.45, 2.75) is 20.8 Å². The van der Waals surface area contributed by atoms with Crippen LogP contribution in [0.25, 0.3) is 6.08 Å². The molecule has 0 aliphatic heterocycles. The number of benzene rings is 1. The van der Waals surface area contributed by atoms with Crippen LogP contribution in [0.2, 0.25) is 5.02 Å². The fourth-order valence-electron chi connectivity index (χ4n) is 2.00. The number of hydrogen-bond acceptors (Lipinski definition) is 6. The van der Waals surface area contributed by atoms with Crippen LogP contribution in [0.5, 0.6) is 11.5 Å². The fraction of sp³-hybridized carbons (Fsp3) is 0.421. The number of hydrogen-bond donors (Lipinski definition) is 2. The van der Waals surface area contributed by atoms with Gasteiger partial charge in [-0.05, 0) is 36.6 Å². The number of rotatable bonds is 9. The summed E-state index contributed by atoms with van der Waals surface area (Å²) in [5.41, 5.74) is 0.587. The van der Waals surface area contributed by atoms with Crippen molar-refractivity contribution in [3.8, 4) is 11.5 Å². The predicted octanol–water partition coefficient (Wildman–Crippen LogP) is 2.79. The van der Waals surface area contributed by atoms with Crippen LogP contribution in [0.15, 0.2) is 18.2 Å². The van der Waals surface area contributed by atoms with Crippen LogP contribution in [-0.4, -0.2) is 44.8 Å². The standard InChI is InChI=1S/C19H25ClN2O6/c1-5-27-15-9-13(8-14(20)18(15)26-4)6-7-17(24)28-11-16(23)22-19(25)21-10-12(2)3/h6-9,12H,5,10-11H2,1-4H3,(H2,21,22,23,25)/b7-6+. The fourth-order valence-corrected chi connectivity index (χ4v) is 2.29. The molecule has 1 rings (SSSR count). The third-order valence-corrected chi connectivity index (χ3v) is 3.50. The van der Waals surface area contributed by atoms with Gasteiger partial charge in [0.05, 0.1) is 18.7 Å².